The largest absolute Gasteiger partial charge is 0.493 e. The number of carbonyl (C=O) groups excluding carboxylic acids is 4. The quantitative estimate of drug-likeness (QED) is 0.0563. The molecule has 16 heteroatoms. The second-order valence-electron chi connectivity index (χ2n) is 18.7. The molecule has 2 aromatic heterocycles. The fraction of sp³-hybridized carbons (Fsp3) is 0.451. The first kappa shape index (κ1) is 49.6. The Morgan fingerprint density at radius 3 is 2.37 bits per heavy atom. The third-order valence-corrected chi connectivity index (χ3v) is 14.1. The Labute approximate surface area is 407 Å². The summed E-state index contributed by atoms with van der Waals surface area (Å²) in [6, 6.07) is 17.4. The number of hydrogen-bond acceptors (Lipinski definition) is 9. The minimum absolute atomic E-state index is 0.0172. The average molecular weight is 971 g/mol. The van der Waals surface area contributed by atoms with Crippen molar-refractivity contribution in [3.8, 4) is 27.4 Å². The highest BCUT2D eigenvalue weighted by Crippen LogP contribution is 2.31. The molecule has 4 N–H and O–H groups in total. The maximum absolute atomic E-state index is 14.1. The van der Waals surface area contributed by atoms with Gasteiger partial charge in [0.2, 0.25) is 23.6 Å². The van der Waals surface area contributed by atoms with Crippen molar-refractivity contribution in [2.24, 2.45) is 5.41 Å². The fourth-order valence-corrected chi connectivity index (χ4v) is 9.75. The van der Waals surface area contributed by atoms with Gasteiger partial charge < -0.3 is 35.3 Å². The number of thiazole rings is 1. The highest BCUT2D eigenvalue weighted by molar-refractivity contribution is 7.13. The molecule has 3 aromatic carbocycles. The molecule has 0 unspecified atom stereocenters. The van der Waals surface area contributed by atoms with E-state index in [0.717, 1.165) is 95.0 Å². The van der Waals surface area contributed by atoms with E-state index < -0.39 is 23.6 Å². The van der Waals surface area contributed by atoms with E-state index in [2.05, 4.69) is 31.7 Å². The van der Waals surface area contributed by atoms with Gasteiger partial charge in [-0.05, 0) is 78.6 Å². The summed E-state index contributed by atoms with van der Waals surface area (Å²) in [5.41, 5.74) is 7.59. The monoisotopic (exact) mass is 969 g/mol. The van der Waals surface area contributed by atoms with E-state index >= 15 is 0 Å². The first-order valence-electron chi connectivity index (χ1n) is 23.2. The van der Waals surface area contributed by atoms with Gasteiger partial charge in [0.05, 0.1) is 51.0 Å². The van der Waals surface area contributed by atoms with Crippen LogP contribution >= 0.6 is 34.5 Å². The number of aliphatic hydroxyl groups is 1. The van der Waals surface area contributed by atoms with Gasteiger partial charge in [-0.3, -0.25) is 19.2 Å². The van der Waals surface area contributed by atoms with Crippen LogP contribution in [-0.4, -0.2) is 79.5 Å². The van der Waals surface area contributed by atoms with Crippen molar-refractivity contribution >= 4 is 58.2 Å². The number of aromatic nitrogens is 3. The standard InChI is InChI=1S/C51H61Cl2N7O6S/c1-32-47(67-31-56-32)35-16-13-33(14-17-35)27-55-49(64)42-26-38(61)29-60(42)50(65)48(51(2,3)4)58-45(62)12-8-6-5-7-9-22-66-43-20-18-36(41-30-59-21-10-11-44(59)57-41)25-37(43)28-54-46(63)24-34-15-19-39(52)40(53)23-34/h13-20,23,25,30-31,38,42,48,61H,5-12,21-22,24,26-29H2,1-4H3,(H,54,63)(H,55,64)(H,58,62)/t38-,42+,48-/m1/s1. The molecule has 0 radical (unpaired) electrons. The molecule has 2 aliphatic rings. The van der Waals surface area contributed by atoms with E-state index in [1.807, 2.05) is 75.7 Å². The van der Waals surface area contributed by atoms with Crippen molar-refractivity contribution < 1.29 is 29.0 Å². The molecule has 0 spiro atoms. The van der Waals surface area contributed by atoms with Gasteiger partial charge in [0.1, 0.15) is 23.7 Å². The molecule has 1 fully saturated rings. The SMILES string of the molecule is Cc1ncsc1-c1ccc(CNC(=O)[C@@H]2C[C@@H](O)CN2C(=O)[C@@H](NC(=O)CCCCCCCOc2ccc(-c3cn4c(n3)CCC4)cc2CNC(=O)Cc2ccc(Cl)c(Cl)c2)C(C)(C)C)cc1. The van der Waals surface area contributed by atoms with Crippen LogP contribution in [0.2, 0.25) is 10.0 Å². The fourth-order valence-electron chi connectivity index (χ4n) is 8.62. The van der Waals surface area contributed by atoms with Crippen molar-refractivity contribution in [3.05, 3.63) is 111 Å². The maximum Gasteiger partial charge on any atom is 0.246 e. The minimum Gasteiger partial charge on any atom is -0.493 e. The Morgan fingerprint density at radius 2 is 1.64 bits per heavy atom. The van der Waals surface area contributed by atoms with Gasteiger partial charge in [-0.2, -0.15) is 0 Å². The Morgan fingerprint density at radius 1 is 0.896 bits per heavy atom. The Bertz CT molecular complexity index is 2520. The van der Waals surface area contributed by atoms with Crippen LogP contribution in [0.1, 0.15) is 100 Å². The molecule has 4 amide bonds. The van der Waals surface area contributed by atoms with Gasteiger partial charge in [-0.25, -0.2) is 9.97 Å². The maximum atomic E-state index is 14.1. The predicted molar refractivity (Wildman–Crippen MR) is 263 cm³/mol. The van der Waals surface area contributed by atoms with Crippen molar-refractivity contribution in [2.75, 3.05) is 13.2 Å². The summed E-state index contributed by atoms with van der Waals surface area (Å²) in [4.78, 5) is 65.5. The first-order chi connectivity index (χ1) is 32.1. The molecular formula is C51H61Cl2N7O6S. The van der Waals surface area contributed by atoms with Crippen molar-refractivity contribution in [1.82, 2.24) is 35.4 Å². The molecule has 5 aromatic rings. The average Bonchev–Trinajstić information content (AvgIpc) is 4.11. The number of rotatable bonds is 20. The van der Waals surface area contributed by atoms with E-state index in [1.165, 1.54) is 4.90 Å². The number of imidazole rings is 1. The molecule has 7 rings (SSSR count). The van der Waals surface area contributed by atoms with Gasteiger partial charge in [-0.15, -0.1) is 11.3 Å². The van der Waals surface area contributed by atoms with Gasteiger partial charge in [-0.1, -0.05) is 93.6 Å². The lowest BCUT2D eigenvalue weighted by Crippen LogP contribution is -2.57. The van der Waals surface area contributed by atoms with Crippen LogP contribution in [-0.2, 0) is 51.7 Å². The van der Waals surface area contributed by atoms with Crippen LogP contribution in [0.25, 0.3) is 21.7 Å². The first-order valence-corrected chi connectivity index (χ1v) is 24.8. The minimum atomic E-state index is -0.879. The zero-order valence-electron chi connectivity index (χ0n) is 38.7. The summed E-state index contributed by atoms with van der Waals surface area (Å²) in [7, 11) is 0. The molecule has 13 nitrogen and oxygen atoms in total. The van der Waals surface area contributed by atoms with Crippen LogP contribution in [0.3, 0.4) is 0 Å². The van der Waals surface area contributed by atoms with Crippen LogP contribution < -0.4 is 20.7 Å². The number of unbranched alkanes of at least 4 members (excludes halogenated alkanes) is 4. The smallest absolute Gasteiger partial charge is 0.246 e. The number of halogens is 2. The zero-order valence-corrected chi connectivity index (χ0v) is 41.0. The van der Waals surface area contributed by atoms with Gasteiger partial charge in [0.25, 0.3) is 0 Å². The van der Waals surface area contributed by atoms with Gasteiger partial charge in [0, 0.05) is 62.8 Å². The lowest BCUT2D eigenvalue weighted by Gasteiger charge is -2.35. The number of nitrogens with one attached hydrogen (secondary N) is 3. The third-order valence-electron chi connectivity index (χ3n) is 12.4. The number of β-amino-alcohol motifs (C(OH)–C–C–N with tert-alkyl or cyclic N) is 1. The Balaban J connectivity index is 0.850. The second kappa shape index (κ2) is 22.7. The van der Waals surface area contributed by atoms with Crippen LogP contribution in [0.15, 0.2) is 72.4 Å². The van der Waals surface area contributed by atoms with Gasteiger partial charge >= 0.3 is 0 Å². The second-order valence-corrected chi connectivity index (χ2v) is 20.3. The number of likely N-dealkylation sites (tertiary alicyclic amines) is 1. The molecular weight excluding hydrogens is 910 g/mol. The summed E-state index contributed by atoms with van der Waals surface area (Å²) in [5.74, 6) is 0.685. The van der Waals surface area contributed by atoms with E-state index in [0.29, 0.717) is 28.8 Å². The van der Waals surface area contributed by atoms with Crippen LogP contribution in [0.4, 0.5) is 0 Å². The molecule has 1 saturated heterocycles. The number of carbonyl (C=O) groups is 4. The zero-order chi connectivity index (χ0) is 47.7. The Hall–Kier alpha value is -5.28. The van der Waals surface area contributed by atoms with E-state index in [-0.39, 0.29) is 62.5 Å². The number of amides is 4. The molecule has 0 bridgehead atoms. The molecule has 0 saturated carbocycles. The Kier molecular flexibility index (Phi) is 16.8. The molecule has 67 heavy (non-hydrogen) atoms. The highest BCUT2D eigenvalue weighted by Gasteiger charge is 2.44. The lowest BCUT2D eigenvalue weighted by molar-refractivity contribution is -0.144. The third kappa shape index (κ3) is 13.2. The van der Waals surface area contributed by atoms with Gasteiger partial charge in [0.15, 0.2) is 0 Å². The number of nitrogens with zero attached hydrogens (tertiary/aromatic N) is 4. The number of benzene rings is 3. The number of aliphatic hydroxyl groups excluding tert-OH is 1. The van der Waals surface area contributed by atoms with E-state index in [4.69, 9.17) is 32.9 Å². The summed E-state index contributed by atoms with van der Waals surface area (Å²) < 4.78 is 8.48. The molecule has 4 heterocycles. The number of ether oxygens (including phenoxy) is 1. The van der Waals surface area contributed by atoms with E-state index in [9.17, 15) is 24.3 Å². The number of hydrogen-bond donors (Lipinski definition) is 4. The van der Waals surface area contributed by atoms with Crippen LogP contribution in [0.5, 0.6) is 5.75 Å². The normalized spacial score (nSPS) is 16.1. The highest BCUT2D eigenvalue weighted by atomic mass is 35.5. The summed E-state index contributed by atoms with van der Waals surface area (Å²) >= 11 is 13.8. The molecule has 356 valence electrons. The summed E-state index contributed by atoms with van der Waals surface area (Å²) in [6.07, 6.45) is 7.94. The molecule has 3 atom stereocenters. The molecule has 2 aliphatic heterocycles. The summed E-state index contributed by atoms with van der Waals surface area (Å²) in [6.45, 7) is 9.65. The molecule has 0 aliphatic carbocycles. The number of aryl methyl sites for hydroxylation is 3. The lowest BCUT2D eigenvalue weighted by atomic mass is 9.85. The van der Waals surface area contributed by atoms with Crippen molar-refractivity contribution in [1.29, 1.82) is 0 Å². The van der Waals surface area contributed by atoms with Crippen molar-refractivity contribution in [2.45, 2.75) is 130 Å². The van der Waals surface area contributed by atoms with Crippen LogP contribution in [0, 0.1) is 12.3 Å². The van der Waals surface area contributed by atoms with E-state index in [1.54, 1.807) is 29.5 Å². The number of fused-ring (bicyclic) bond motifs is 1. The summed E-state index contributed by atoms with van der Waals surface area (Å²) in [5, 5.41) is 20.4. The predicted octanol–water partition coefficient (Wildman–Crippen LogP) is 8.62. The topological polar surface area (TPSA) is 168 Å². The van der Waals surface area contributed by atoms with Crippen molar-refractivity contribution in [3.63, 3.8) is 0 Å².